The number of benzene rings is 1. The molecule has 2 aliphatic rings. The number of amides is 2. The van der Waals surface area contributed by atoms with Crippen molar-refractivity contribution in [3.05, 3.63) is 85.9 Å². The Hall–Kier alpha value is -4.74. The Kier molecular flexibility index (Phi) is 6.43. The Morgan fingerprint density at radius 2 is 1.61 bits per heavy atom. The van der Waals surface area contributed by atoms with Crippen molar-refractivity contribution >= 4 is 29.6 Å². The van der Waals surface area contributed by atoms with Gasteiger partial charge in [-0.3, -0.25) is 24.6 Å². The predicted octanol–water partition coefficient (Wildman–Crippen LogP) is 2.43. The summed E-state index contributed by atoms with van der Waals surface area (Å²) in [4.78, 5) is 62.3. The molecule has 2 aliphatic heterocycles. The molecule has 0 fully saturated rings. The first-order chi connectivity index (χ1) is 17.1. The van der Waals surface area contributed by atoms with Gasteiger partial charge in [0.2, 0.25) is 0 Å². The highest BCUT2D eigenvalue weighted by Crippen LogP contribution is 2.40. The molecular formula is C24H21N3O9. The second-order valence-electron chi connectivity index (χ2n) is 8.00. The number of allylic oxidation sites excluding steroid dienone is 2. The minimum Gasteiger partial charge on any atom is -0.466 e. The van der Waals surface area contributed by atoms with Crippen LogP contribution in [-0.2, 0) is 19.1 Å². The minimum absolute atomic E-state index is 0.0136. The van der Waals surface area contributed by atoms with Gasteiger partial charge in [0.25, 0.3) is 11.8 Å². The van der Waals surface area contributed by atoms with Crippen molar-refractivity contribution in [3.8, 4) is 0 Å². The zero-order valence-corrected chi connectivity index (χ0v) is 19.5. The maximum absolute atomic E-state index is 13.2. The van der Waals surface area contributed by atoms with Crippen molar-refractivity contribution in [1.82, 2.24) is 10.2 Å². The molecule has 4 rings (SSSR count). The number of carbonyl (C=O) groups is 4. The fourth-order valence-electron chi connectivity index (χ4n) is 4.27. The molecule has 1 unspecified atom stereocenters. The van der Waals surface area contributed by atoms with Crippen LogP contribution in [0.25, 0.3) is 0 Å². The van der Waals surface area contributed by atoms with Crippen molar-refractivity contribution in [2.75, 3.05) is 20.3 Å². The van der Waals surface area contributed by atoms with Gasteiger partial charge >= 0.3 is 17.8 Å². The summed E-state index contributed by atoms with van der Waals surface area (Å²) in [6.07, 6.45) is 0. The average molecular weight is 495 g/mol. The van der Waals surface area contributed by atoms with Gasteiger partial charge < -0.3 is 19.2 Å². The number of hydrogen-bond donors (Lipinski definition) is 1. The highest BCUT2D eigenvalue weighted by Gasteiger charge is 2.41. The Morgan fingerprint density at radius 3 is 2.14 bits per heavy atom. The van der Waals surface area contributed by atoms with Gasteiger partial charge in [-0.1, -0.05) is 12.1 Å². The molecule has 2 amide bonds. The number of fused-ring (bicyclic) bond motifs is 1. The zero-order chi connectivity index (χ0) is 26.1. The quantitative estimate of drug-likeness (QED) is 0.262. The number of imide groups is 1. The smallest absolute Gasteiger partial charge is 0.433 e. The largest absolute Gasteiger partial charge is 0.466 e. The van der Waals surface area contributed by atoms with Gasteiger partial charge in [-0.2, -0.15) is 0 Å². The summed E-state index contributed by atoms with van der Waals surface area (Å²) in [7, 11) is 1.16. The zero-order valence-electron chi connectivity index (χ0n) is 19.5. The maximum Gasteiger partial charge on any atom is 0.433 e. The Balaban J connectivity index is 1.57. The molecule has 186 valence electrons. The summed E-state index contributed by atoms with van der Waals surface area (Å²) in [5.41, 5.74) is 1.21. The van der Waals surface area contributed by atoms with Crippen molar-refractivity contribution in [2.24, 2.45) is 0 Å². The van der Waals surface area contributed by atoms with Crippen LogP contribution in [0.4, 0.5) is 5.88 Å². The second kappa shape index (κ2) is 9.49. The van der Waals surface area contributed by atoms with Crippen molar-refractivity contribution in [3.63, 3.8) is 0 Å². The second-order valence-corrected chi connectivity index (χ2v) is 8.00. The molecule has 1 aromatic carbocycles. The average Bonchev–Trinajstić information content (AvgIpc) is 3.43. The van der Waals surface area contributed by atoms with E-state index in [4.69, 9.17) is 13.9 Å². The molecule has 0 radical (unpaired) electrons. The number of esters is 2. The Labute approximate surface area is 204 Å². The number of furan rings is 1. The fourth-order valence-corrected chi connectivity index (χ4v) is 4.27. The van der Waals surface area contributed by atoms with Gasteiger partial charge in [0.05, 0.1) is 47.9 Å². The molecule has 12 heteroatoms. The van der Waals surface area contributed by atoms with Gasteiger partial charge in [-0.25, -0.2) is 9.59 Å². The van der Waals surface area contributed by atoms with Gasteiger partial charge in [0, 0.05) is 11.4 Å². The van der Waals surface area contributed by atoms with Crippen LogP contribution in [0.3, 0.4) is 0 Å². The SMILES string of the molecule is COC(=O)C1=C(C)NC(C)=C(C(=O)OCCN2C(=O)c3ccccc3C2=O)C1c1ccc([N+](=O)[O-])o1. The van der Waals surface area contributed by atoms with E-state index in [1.807, 2.05) is 0 Å². The number of hydrogen-bond acceptors (Lipinski definition) is 10. The van der Waals surface area contributed by atoms with E-state index in [0.29, 0.717) is 11.4 Å². The number of nitro groups is 1. The molecule has 1 N–H and O–H groups in total. The molecule has 1 atom stereocenters. The lowest BCUT2D eigenvalue weighted by Gasteiger charge is -2.28. The molecule has 2 aromatic rings. The fraction of sp³-hybridized carbons (Fsp3) is 0.250. The van der Waals surface area contributed by atoms with Crippen molar-refractivity contribution < 1.29 is 38.0 Å². The number of rotatable bonds is 7. The van der Waals surface area contributed by atoms with E-state index in [1.54, 1.807) is 38.1 Å². The van der Waals surface area contributed by atoms with Crippen LogP contribution in [0.2, 0.25) is 0 Å². The first-order valence-electron chi connectivity index (χ1n) is 10.8. The third-order valence-electron chi connectivity index (χ3n) is 5.89. The first kappa shape index (κ1) is 24.4. The van der Waals surface area contributed by atoms with E-state index in [-0.39, 0.29) is 41.2 Å². The number of dihydropyridines is 1. The molecule has 3 heterocycles. The lowest BCUT2D eigenvalue weighted by atomic mass is 9.83. The topological polar surface area (TPSA) is 158 Å². The third-order valence-corrected chi connectivity index (χ3v) is 5.89. The van der Waals surface area contributed by atoms with Crippen LogP contribution in [0, 0.1) is 10.1 Å². The Bertz CT molecular complexity index is 1330. The first-order valence-corrected chi connectivity index (χ1v) is 10.8. The number of ether oxygens (including phenoxy) is 2. The summed E-state index contributed by atoms with van der Waals surface area (Å²) < 4.78 is 15.6. The van der Waals surface area contributed by atoms with Crippen LogP contribution in [0.15, 0.2) is 63.4 Å². The molecular weight excluding hydrogens is 474 g/mol. The normalized spacial score (nSPS) is 17.2. The highest BCUT2D eigenvalue weighted by molar-refractivity contribution is 6.21. The van der Waals surface area contributed by atoms with Crippen molar-refractivity contribution in [2.45, 2.75) is 19.8 Å². The third kappa shape index (κ3) is 4.13. The van der Waals surface area contributed by atoms with Crippen LogP contribution in [0.5, 0.6) is 0 Å². The van der Waals surface area contributed by atoms with E-state index in [9.17, 15) is 29.3 Å². The van der Waals surface area contributed by atoms with E-state index < -0.39 is 40.5 Å². The lowest BCUT2D eigenvalue weighted by molar-refractivity contribution is -0.402. The van der Waals surface area contributed by atoms with E-state index in [0.717, 1.165) is 18.1 Å². The van der Waals surface area contributed by atoms with Crippen LogP contribution in [-0.4, -0.2) is 53.8 Å². The number of nitrogens with one attached hydrogen (secondary N) is 1. The number of carbonyl (C=O) groups excluding carboxylic acids is 4. The monoisotopic (exact) mass is 495 g/mol. The van der Waals surface area contributed by atoms with E-state index in [2.05, 4.69) is 5.32 Å². The van der Waals surface area contributed by atoms with Crippen molar-refractivity contribution in [1.29, 1.82) is 0 Å². The van der Waals surface area contributed by atoms with E-state index in [1.165, 1.54) is 6.07 Å². The Morgan fingerprint density at radius 1 is 1.03 bits per heavy atom. The molecule has 1 aromatic heterocycles. The molecule has 0 spiro atoms. The van der Waals surface area contributed by atoms with Gasteiger partial charge in [0.15, 0.2) is 0 Å². The van der Waals surface area contributed by atoms with Crippen LogP contribution < -0.4 is 5.32 Å². The lowest BCUT2D eigenvalue weighted by Crippen LogP contribution is -2.35. The predicted molar refractivity (Wildman–Crippen MR) is 121 cm³/mol. The molecule has 0 aliphatic carbocycles. The number of nitrogens with zero attached hydrogens (tertiary/aromatic N) is 2. The molecule has 36 heavy (non-hydrogen) atoms. The summed E-state index contributed by atoms with van der Waals surface area (Å²) in [5.74, 6) is -4.37. The van der Waals surface area contributed by atoms with Gasteiger partial charge in [0.1, 0.15) is 17.3 Å². The van der Waals surface area contributed by atoms with Gasteiger partial charge in [-0.15, -0.1) is 0 Å². The number of methoxy groups -OCH3 is 1. The molecule has 0 saturated heterocycles. The van der Waals surface area contributed by atoms with E-state index >= 15 is 0 Å². The van der Waals surface area contributed by atoms with Crippen LogP contribution >= 0.6 is 0 Å². The summed E-state index contributed by atoms with van der Waals surface area (Å²) >= 11 is 0. The summed E-state index contributed by atoms with van der Waals surface area (Å²) in [6.45, 7) is 2.66. The molecule has 0 bridgehead atoms. The minimum atomic E-state index is -1.15. The molecule has 0 saturated carbocycles. The van der Waals surface area contributed by atoms with Gasteiger partial charge in [-0.05, 0) is 32.0 Å². The van der Waals surface area contributed by atoms with Crippen LogP contribution in [0.1, 0.15) is 46.2 Å². The standard InChI is InChI=1S/C24H21N3O9/c1-12-18(23(30)34-3)20(16-8-9-17(36-16)27(32)33)19(13(2)25-12)24(31)35-11-10-26-21(28)14-6-4-5-7-15(14)22(26)29/h4-9,20,25H,10-11H2,1-3H3. The highest BCUT2D eigenvalue weighted by atomic mass is 16.6. The molecule has 12 nitrogen and oxygen atoms in total. The maximum atomic E-state index is 13.2. The summed E-state index contributed by atoms with van der Waals surface area (Å²) in [6, 6.07) is 8.78. The summed E-state index contributed by atoms with van der Waals surface area (Å²) in [5, 5.41) is 14.1.